The van der Waals surface area contributed by atoms with Gasteiger partial charge in [-0.25, -0.2) is 9.37 Å². The molecule has 162 valence electrons. The molecule has 31 heavy (non-hydrogen) atoms. The van der Waals surface area contributed by atoms with Crippen LogP contribution in [-0.4, -0.2) is 40.9 Å². The molecule has 3 heterocycles. The summed E-state index contributed by atoms with van der Waals surface area (Å²) < 4.78 is 14.1. The van der Waals surface area contributed by atoms with E-state index < -0.39 is 0 Å². The van der Waals surface area contributed by atoms with E-state index in [1.165, 1.54) is 17.4 Å². The van der Waals surface area contributed by atoms with Crippen molar-refractivity contribution in [3.8, 4) is 0 Å². The standard InChI is InChI=1S/C24H27FN4OS/c1-15-11-17(12-18-7-4-5-9-20(18)25)13-21(27-15)19-8-6-10-29(14-19)23(30)22-16(2)28-24(26-3)31-22/h4-5,7,9,11,13,19H,6,8,10,12,14H2,1-3H3,(H,26,28)/t19-/m1/s1. The molecule has 1 saturated heterocycles. The van der Waals surface area contributed by atoms with Gasteiger partial charge < -0.3 is 10.2 Å². The van der Waals surface area contributed by atoms with Gasteiger partial charge in [0.2, 0.25) is 0 Å². The number of hydrogen-bond donors (Lipinski definition) is 1. The van der Waals surface area contributed by atoms with Crippen LogP contribution in [0.3, 0.4) is 0 Å². The predicted octanol–water partition coefficient (Wildman–Crippen LogP) is 4.95. The van der Waals surface area contributed by atoms with Gasteiger partial charge in [0, 0.05) is 43.9 Å². The molecule has 1 aliphatic rings. The Labute approximate surface area is 186 Å². The van der Waals surface area contributed by atoms with Crippen molar-refractivity contribution in [3.63, 3.8) is 0 Å². The number of likely N-dealkylation sites (tertiary alicyclic amines) is 1. The number of carbonyl (C=O) groups is 1. The van der Waals surface area contributed by atoms with Crippen LogP contribution in [0, 0.1) is 19.7 Å². The minimum absolute atomic E-state index is 0.0421. The highest BCUT2D eigenvalue weighted by atomic mass is 32.1. The first kappa shape index (κ1) is 21.4. The summed E-state index contributed by atoms with van der Waals surface area (Å²) in [4.78, 5) is 24.9. The number of anilines is 1. The lowest BCUT2D eigenvalue weighted by Crippen LogP contribution is -2.39. The van der Waals surface area contributed by atoms with Crippen LogP contribution in [0.2, 0.25) is 0 Å². The van der Waals surface area contributed by atoms with Gasteiger partial charge in [-0.05, 0) is 56.0 Å². The van der Waals surface area contributed by atoms with E-state index in [0.717, 1.165) is 47.2 Å². The third-order valence-electron chi connectivity index (χ3n) is 5.72. The zero-order chi connectivity index (χ0) is 22.0. The Morgan fingerprint density at radius 3 is 2.81 bits per heavy atom. The molecule has 0 bridgehead atoms. The molecule has 7 heteroatoms. The molecule has 1 atom stereocenters. The fourth-order valence-corrected chi connectivity index (χ4v) is 5.08. The number of halogens is 1. The highest BCUT2D eigenvalue weighted by Crippen LogP contribution is 2.30. The maximum atomic E-state index is 14.1. The van der Waals surface area contributed by atoms with Crippen LogP contribution in [0.5, 0.6) is 0 Å². The molecule has 0 aliphatic carbocycles. The van der Waals surface area contributed by atoms with Gasteiger partial charge in [0.25, 0.3) is 5.91 Å². The number of nitrogens with one attached hydrogen (secondary N) is 1. The molecule has 0 radical (unpaired) electrons. The molecule has 1 aliphatic heterocycles. The normalized spacial score (nSPS) is 16.4. The van der Waals surface area contributed by atoms with Gasteiger partial charge in [0.1, 0.15) is 10.7 Å². The number of piperidine rings is 1. The van der Waals surface area contributed by atoms with Crippen molar-refractivity contribution in [2.24, 2.45) is 0 Å². The number of carbonyl (C=O) groups excluding carboxylic acids is 1. The molecule has 1 aromatic carbocycles. The van der Waals surface area contributed by atoms with Gasteiger partial charge in [-0.1, -0.05) is 29.5 Å². The van der Waals surface area contributed by atoms with Gasteiger partial charge in [-0.3, -0.25) is 9.78 Å². The van der Waals surface area contributed by atoms with Crippen molar-refractivity contribution in [2.45, 2.75) is 39.0 Å². The average molecular weight is 439 g/mol. The lowest BCUT2D eigenvalue weighted by molar-refractivity contribution is 0.0710. The fourth-order valence-electron chi connectivity index (χ4n) is 4.19. The Bertz CT molecular complexity index is 1100. The minimum Gasteiger partial charge on any atom is -0.365 e. The summed E-state index contributed by atoms with van der Waals surface area (Å²) in [6.07, 6.45) is 2.46. The number of rotatable bonds is 5. The summed E-state index contributed by atoms with van der Waals surface area (Å²) in [7, 11) is 1.81. The average Bonchev–Trinajstić information content (AvgIpc) is 3.15. The van der Waals surface area contributed by atoms with E-state index in [1.54, 1.807) is 6.07 Å². The van der Waals surface area contributed by atoms with Crippen LogP contribution in [0.1, 0.15) is 56.6 Å². The molecule has 1 fully saturated rings. The third kappa shape index (κ3) is 4.77. The second-order valence-corrected chi connectivity index (χ2v) is 9.08. The number of thiazole rings is 1. The fraction of sp³-hybridized carbons (Fsp3) is 0.375. The van der Waals surface area contributed by atoms with E-state index in [9.17, 15) is 9.18 Å². The van der Waals surface area contributed by atoms with E-state index in [0.29, 0.717) is 23.4 Å². The minimum atomic E-state index is -0.186. The maximum absolute atomic E-state index is 14.1. The van der Waals surface area contributed by atoms with Crippen molar-refractivity contribution >= 4 is 22.4 Å². The summed E-state index contributed by atoms with van der Waals surface area (Å²) in [6.45, 7) is 5.24. The Morgan fingerprint density at radius 1 is 1.26 bits per heavy atom. The number of pyridine rings is 1. The zero-order valence-corrected chi connectivity index (χ0v) is 18.9. The van der Waals surface area contributed by atoms with E-state index in [2.05, 4.69) is 16.4 Å². The first-order valence-corrected chi connectivity index (χ1v) is 11.4. The van der Waals surface area contributed by atoms with Gasteiger partial charge >= 0.3 is 0 Å². The third-order valence-corrected chi connectivity index (χ3v) is 6.88. The number of nitrogens with zero attached hydrogens (tertiary/aromatic N) is 3. The molecule has 0 unspecified atom stereocenters. The monoisotopic (exact) mass is 438 g/mol. The summed E-state index contributed by atoms with van der Waals surface area (Å²) in [5.74, 6) is 0.0308. The molecule has 0 spiro atoms. The van der Waals surface area contributed by atoms with E-state index in [4.69, 9.17) is 4.98 Å². The molecule has 3 aromatic rings. The van der Waals surface area contributed by atoms with Crippen molar-refractivity contribution in [1.29, 1.82) is 0 Å². The van der Waals surface area contributed by atoms with Crippen LogP contribution >= 0.6 is 11.3 Å². The molecular weight excluding hydrogens is 411 g/mol. The second-order valence-electron chi connectivity index (χ2n) is 8.08. The van der Waals surface area contributed by atoms with Crippen LogP contribution in [0.15, 0.2) is 36.4 Å². The van der Waals surface area contributed by atoms with Crippen molar-refractivity contribution < 1.29 is 9.18 Å². The van der Waals surface area contributed by atoms with E-state index in [-0.39, 0.29) is 17.6 Å². The molecule has 1 N–H and O–H groups in total. The number of benzene rings is 1. The predicted molar refractivity (Wildman–Crippen MR) is 122 cm³/mol. The van der Waals surface area contributed by atoms with Gasteiger partial charge in [0.05, 0.1) is 5.69 Å². The summed E-state index contributed by atoms with van der Waals surface area (Å²) in [6, 6.07) is 11.0. The summed E-state index contributed by atoms with van der Waals surface area (Å²) >= 11 is 1.40. The van der Waals surface area contributed by atoms with E-state index in [1.807, 2.05) is 44.0 Å². The van der Waals surface area contributed by atoms with Crippen LogP contribution in [-0.2, 0) is 6.42 Å². The molecule has 5 nitrogen and oxygen atoms in total. The van der Waals surface area contributed by atoms with Crippen molar-refractivity contribution in [1.82, 2.24) is 14.9 Å². The topological polar surface area (TPSA) is 58.1 Å². The summed E-state index contributed by atoms with van der Waals surface area (Å²) in [5.41, 5.74) is 4.40. The highest BCUT2D eigenvalue weighted by molar-refractivity contribution is 7.17. The Morgan fingerprint density at radius 2 is 2.06 bits per heavy atom. The molecule has 4 rings (SSSR count). The van der Waals surface area contributed by atoms with Gasteiger partial charge in [0.15, 0.2) is 5.13 Å². The van der Waals surface area contributed by atoms with E-state index >= 15 is 0 Å². The van der Waals surface area contributed by atoms with Gasteiger partial charge in [-0.15, -0.1) is 0 Å². The first-order valence-electron chi connectivity index (χ1n) is 10.6. The number of aryl methyl sites for hydroxylation is 2. The number of amides is 1. The van der Waals surface area contributed by atoms with Gasteiger partial charge in [-0.2, -0.15) is 0 Å². The van der Waals surface area contributed by atoms with Crippen molar-refractivity contribution in [2.75, 3.05) is 25.5 Å². The largest absolute Gasteiger partial charge is 0.365 e. The van der Waals surface area contributed by atoms with Crippen molar-refractivity contribution in [3.05, 3.63) is 75.3 Å². The molecule has 1 amide bonds. The number of hydrogen-bond acceptors (Lipinski definition) is 5. The lowest BCUT2D eigenvalue weighted by Gasteiger charge is -2.32. The highest BCUT2D eigenvalue weighted by Gasteiger charge is 2.29. The first-order chi connectivity index (χ1) is 14.9. The van der Waals surface area contributed by atoms with Crippen LogP contribution in [0.25, 0.3) is 0 Å². The second kappa shape index (κ2) is 9.14. The lowest BCUT2D eigenvalue weighted by atomic mass is 9.92. The van der Waals surface area contributed by atoms with Crippen LogP contribution in [0.4, 0.5) is 9.52 Å². The maximum Gasteiger partial charge on any atom is 0.265 e. The smallest absolute Gasteiger partial charge is 0.265 e. The molecule has 0 saturated carbocycles. The molecular formula is C24H27FN4OS. The number of aromatic nitrogens is 2. The quantitative estimate of drug-likeness (QED) is 0.613. The summed E-state index contributed by atoms with van der Waals surface area (Å²) in [5, 5.41) is 3.77. The Kier molecular flexibility index (Phi) is 6.32. The Balaban J connectivity index is 1.54. The van der Waals surface area contributed by atoms with Crippen LogP contribution < -0.4 is 5.32 Å². The SMILES string of the molecule is CNc1nc(C)c(C(=O)N2CCC[C@@H](c3cc(Cc4ccccc4F)cc(C)n3)C2)s1. The molecule has 2 aromatic heterocycles. The Hall–Kier alpha value is -2.80. The zero-order valence-electron chi connectivity index (χ0n) is 18.1.